The number of hydrogen-bond donors (Lipinski definition) is 1. The van der Waals surface area contributed by atoms with Gasteiger partial charge in [0.15, 0.2) is 22.9 Å². The van der Waals surface area contributed by atoms with E-state index in [1.807, 2.05) is 0 Å². The highest BCUT2D eigenvalue weighted by Gasteiger charge is 2.47. The molecule has 1 aliphatic heterocycles. The third-order valence-corrected chi connectivity index (χ3v) is 5.87. The SMILES string of the molecule is COc1cccc2cc(C(=O)C3=C(O)C(=O)N(c4ccc(Cl)cc4C)C3c3ccco3)oc12. The number of nitrogens with zero attached hydrogens (tertiary/aromatic N) is 1. The number of para-hydroxylation sites is 1. The standard InChI is InChI=1S/C25H18ClNO6/c1-13-11-15(26)8-9-16(13)27-21(17-7-4-10-32-17)20(23(29)25(27)30)22(28)19-12-14-5-3-6-18(31-2)24(14)33-19/h3-12,21,29H,1-2H3. The monoisotopic (exact) mass is 463 g/mol. The second-order valence-corrected chi connectivity index (χ2v) is 8.04. The van der Waals surface area contributed by atoms with E-state index in [1.54, 1.807) is 61.5 Å². The first-order chi connectivity index (χ1) is 15.9. The highest BCUT2D eigenvalue weighted by Crippen LogP contribution is 2.44. The van der Waals surface area contributed by atoms with E-state index >= 15 is 0 Å². The summed E-state index contributed by atoms with van der Waals surface area (Å²) in [4.78, 5) is 28.1. The van der Waals surface area contributed by atoms with Gasteiger partial charge in [-0.2, -0.15) is 0 Å². The lowest BCUT2D eigenvalue weighted by Crippen LogP contribution is -2.31. The van der Waals surface area contributed by atoms with Crippen LogP contribution >= 0.6 is 11.6 Å². The molecule has 0 bridgehead atoms. The Morgan fingerprint density at radius 2 is 1.97 bits per heavy atom. The van der Waals surface area contributed by atoms with Gasteiger partial charge in [0.2, 0.25) is 5.78 Å². The molecular weight excluding hydrogens is 446 g/mol. The van der Waals surface area contributed by atoms with Crippen LogP contribution in [0.1, 0.15) is 27.9 Å². The molecule has 166 valence electrons. The van der Waals surface area contributed by atoms with E-state index in [-0.39, 0.29) is 11.3 Å². The Morgan fingerprint density at radius 1 is 1.15 bits per heavy atom. The summed E-state index contributed by atoms with van der Waals surface area (Å²) in [5.41, 5.74) is 1.45. The van der Waals surface area contributed by atoms with Gasteiger partial charge < -0.3 is 18.7 Å². The van der Waals surface area contributed by atoms with Crippen LogP contribution in [0.3, 0.4) is 0 Å². The summed E-state index contributed by atoms with van der Waals surface area (Å²) in [6, 6.07) is 14.1. The van der Waals surface area contributed by atoms with Gasteiger partial charge in [-0.3, -0.25) is 14.5 Å². The first-order valence-corrected chi connectivity index (χ1v) is 10.5. The molecule has 7 nitrogen and oxygen atoms in total. The summed E-state index contributed by atoms with van der Waals surface area (Å²) in [5, 5.41) is 12.0. The zero-order valence-electron chi connectivity index (χ0n) is 17.7. The predicted octanol–water partition coefficient (Wildman–Crippen LogP) is 5.78. The molecule has 4 aromatic rings. The molecule has 0 radical (unpaired) electrons. The van der Waals surface area contributed by atoms with Crippen molar-refractivity contribution in [2.75, 3.05) is 12.0 Å². The fraction of sp³-hybridized carbons (Fsp3) is 0.120. The molecule has 2 aromatic heterocycles. The van der Waals surface area contributed by atoms with E-state index in [1.165, 1.54) is 18.3 Å². The maximum atomic E-state index is 13.6. The Balaban J connectivity index is 1.65. The van der Waals surface area contributed by atoms with E-state index in [2.05, 4.69) is 0 Å². The summed E-state index contributed by atoms with van der Waals surface area (Å²) in [5.74, 6) is -1.27. The van der Waals surface area contributed by atoms with Crippen LogP contribution in [0.25, 0.3) is 11.0 Å². The van der Waals surface area contributed by atoms with Gasteiger partial charge in [0, 0.05) is 16.1 Å². The number of fused-ring (bicyclic) bond motifs is 1. The minimum Gasteiger partial charge on any atom is -0.503 e. The Hall–Kier alpha value is -3.97. The fourth-order valence-electron chi connectivity index (χ4n) is 4.13. The molecular formula is C25H18ClNO6. The second-order valence-electron chi connectivity index (χ2n) is 7.60. The summed E-state index contributed by atoms with van der Waals surface area (Å²) < 4.78 is 16.7. The first kappa shape index (κ1) is 20.9. The number of carbonyl (C=O) groups is 2. The van der Waals surface area contributed by atoms with Gasteiger partial charge in [-0.25, -0.2) is 0 Å². The number of anilines is 1. The van der Waals surface area contributed by atoms with Crippen molar-refractivity contribution in [1.82, 2.24) is 0 Å². The van der Waals surface area contributed by atoms with E-state index in [9.17, 15) is 14.7 Å². The molecule has 1 unspecified atom stereocenters. The van der Waals surface area contributed by atoms with E-state index in [0.717, 1.165) is 0 Å². The number of ketones is 1. The van der Waals surface area contributed by atoms with Crippen LogP contribution in [-0.4, -0.2) is 23.9 Å². The number of amides is 1. The van der Waals surface area contributed by atoms with Crippen LogP contribution in [0.15, 0.2) is 81.0 Å². The Labute approximate surface area is 193 Å². The second kappa shape index (κ2) is 7.86. The van der Waals surface area contributed by atoms with Crippen molar-refractivity contribution < 1.29 is 28.3 Å². The van der Waals surface area contributed by atoms with Gasteiger partial charge in [-0.05, 0) is 55.0 Å². The molecule has 0 fully saturated rings. The van der Waals surface area contributed by atoms with Crippen LogP contribution in [0, 0.1) is 6.92 Å². The van der Waals surface area contributed by atoms with E-state index in [4.69, 9.17) is 25.2 Å². The molecule has 0 spiro atoms. The minimum absolute atomic E-state index is 0.0323. The number of aryl methyl sites for hydroxylation is 1. The minimum atomic E-state index is -0.991. The number of benzene rings is 2. The molecule has 8 heteroatoms. The molecule has 5 rings (SSSR count). The third-order valence-electron chi connectivity index (χ3n) is 5.64. The summed E-state index contributed by atoms with van der Waals surface area (Å²) in [6.45, 7) is 1.79. The highest BCUT2D eigenvalue weighted by atomic mass is 35.5. The molecule has 1 atom stereocenters. The van der Waals surface area contributed by atoms with Crippen molar-refractivity contribution in [2.45, 2.75) is 13.0 Å². The number of methoxy groups -OCH3 is 1. The molecule has 33 heavy (non-hydrogen) atoms. The van der Waals surface area contributed by atoms with Crippen LogP contribution < -0.4 is 9.64 Å². The number of aliphatic hydroxyl groups excluding tert-OH is 1. The van der Waals surface area contributed by atoms with Crippen molar-refractivity contribution in [3.63, 3.8) is 0 Å². The molecule has 1 amide bonds. The van der Waals surface area contributed by atoms with Gasteiger partial charge in [0.05, 0.1) is 18.9 Å². The van der Waals surface area contributed by atoms with Crippen molar-refractivity contribution in [2.24, 2.45) is 0 Å². The average molecular weight is 464 g/mol. The van der Waals surface area contributed by atoms with Crippen LogP contribution in [0.4, 0.5) is 5.69 Å². The summed E-state index contributed by atoms with van der Waals surface area (Å²) in [6.07, 6.45) is 1.44. The highest BCUT2D eigenvalue weighted by molar-refractivity contribution is 6.30. The summed E-state index contributed by atoms with van der Waals surface area (Å²) in [7, 11) is 1.50. The average Bonchev–Trinajstić information content (AvgIpc) is 3.53. The number of hydrogen-bond acceptors (Lipinski definition) is 6. The van der Waals surface area contributed by atoms with E-state index < -0.39 is 23.5 Å². The lowest BCUT2D eigenvalue weighted by atomic mass is 9.99. The number of carbonyl (C=O) groups excluding carboxylic acids is 2. The summed E-state index contributed by atoms with van der Waals surface area (Å²) >= 11 is 6.09. The Bertz CT molecular complexity index is 1430. The zero-order chi connectivity index (χ0) is 23.3. The number of rotatable bonds is 5. The van der Waals surface area contributed by atoms with Gasteiger partial charge in [-0.1, -0.05) is 23.7 Å². The number of aliphatic hydroxyl groups is 1. The fourth-order valence-corrected chi connectivity index (χ4v) is 4.36. The van der Waals surface area contributed by atoms with Crippen LogP contribution in [-0.2, 0) is 4.79 Å². The molecule has 2 aromatic carbocycles. The van der Waals surface area contributed by atoms with Gasteiger partial charge >= 0.3 is 0 Å². The van der Waals surface area contributed by atoms with Gasteiger partial charge in [0.25, 0.3) is 5.91 Å². The molecule has 3 heterocycles. The Kier molecular flexibility index (Phi) is 4.98. The normalized spacial score (nSPS) is 16.2. The largest absolute Gasteiger partial charge is 0.503 e. The lowest BCUT2D eigenvalue weighted by molar-refractivity contribution is -0.117. The molecule has 1 N–H and O–H groups in total. The van der Waals surface area contributed by atoms with Gasteiger partial charge in [-0.15, -0.1) is 0 Å². The maximum Gasteiger partial charge on any atom is 0.294 e. The van der Waals surface area contributed by atoms with Crippen LogP contribution in [0.5, 0.6) is 5.75 Å². The smallest absolute Gasteiger partial charge is 0.294 e. The van der Waals surface area contributed by atoms with Crippen molar-refractivity contribution in [3.8, 4) is 5.75 Å². The molecule has 1 aliphatic rings. The third kappa shape index (κ3) is 3.29. The van der Waals surface area contributed by atoms with Crippen LogP contribution in [0.2, 0.25) is 5.02 Å². The maximum absolute atomic E-state index is 13.6. The quantitative estimate of drug-likeness (QED) is 0.377. The molecule has 0 saturated heterocycles. The Morgan fingerprint density at radius 3 is 2.67 bits per heavy atom. The first-order valence-electron chi connectivity index (χ1n) is 10.1. The number of Topliss-reactive ketones (excluding diaryl/α,β-unsaturated/α-hetero) is 1. The van der Waals surface area contributed by atoms with E-state index in [0.29, 0.717) is 38.8 Å². The van der Waals surface area contributed by atoms with Gasteiger partial charge in [0.1, 0.15) is 11.8 Å². The van der Waals surface area contributed by atoms with Crippen molar-refractivity contribution in [3.05, 3.63) is 94.3 Å². The number of ether oxygens (including phenoxy) is 1. The topological polar surface area (TPSA) is 93.1 Å². The molecule has 0 aliphatic carbocycles. The molecule has 0 saturated carbocycles. The number of halogens is 1. The number of furan rings is 2. The zero-order valence-corrected chi connectivity index (χ0v) is 18.4. The van der Waals surface area contributed by atoms with Crippen molar-refractivity contribution in [1.29, 1.82) is 0 Å². The van der Waals surface area contributed by atoms with Crippen molar-refractivity contribution >= 4 is 39.9 Å². The predicted molar refractivity (Wildman–Crippen MR) is 122 cm³/mol. The lowest BCUT2D eigenvalue weighted by Gasteiger charge is -2.26.